The molecule has 4 N–H and O–H groups in total. The van der Waals surface area contributed by atoms with Crippen molar-refractivity contribution in [1.82, 2.24) is 9.55 Å². The summed E-state index contributed by atoms with van der Waals surface area (Å²) < 4.78 is 6.35. The molecule has 1 unspecified atom stereocenters. The van der Waals surface area contributed by atoms with E-state index < -0.39 is 42.3 Å². The summed E-state index contributed by atoms with van der Waals surface area (Å²) in [5.74, 6) is -1.24. The quantitative estimate of drug-likeness (QED) is 0.484. The molecule has 0 amide bonds. The van der Waals surface area contributed by atoms with E-state index >= 15 is 0 Å². The summed E-state index contributed by atoms with van der Waals surface area (Å²) in [5.41, 5.74) is -1.52. The Balaban J connectivity index is 2.37. The van der Waals surface area contributed by atoms with Crippen LogP contribution in [0.3, 0.4) is 0 Å². The molecule has 0 saturated carbocycles. The lowest BCUT2D eigenvalue weighted by molar-refractivity contribution is -0.131. The fourth-order valence-corrected chi connectivity index (χ4v) is 2.04. The van der Waals surface area contributed by atoms with Crippen molar-refractivity contribution in [3.8, 4) is 0 Å². The molecule has 21 heavy (non-hydrogen) atoms. The molecule has 1 aliphatic heterocycles. The first kappa shape index (κ1) is 15.2. The molecule has 1 aromatic heterocycles. The van der Waals surface area contributed by atoms with Crippen LogP contribution in [-0.2, 0) is 9.53 Å². The van der Waals surface area contributed by atoms with Crippen LogP contribution in [0.5, 0.6) is 0 Å². The first-order chi connectivity index (χ1) is 9.92. The van der Waals surface area contributed by atoms with E-state index in [9.17, 15) is 19.5 Å². The minimum atomic E-state index is -1.24. The Bertz CT molecular complexity index is 675. The summed E-state index contributed by atoms with van der Waals surface area (Å²) in [6.45, 7) is -0.401. The van der Waals surface area contributed by atoms with Crippen molar-refractivity contribution in [3.05, 3.63) is 38.7 Å². The zero-order chi connectivity index (χ0) is 15.6. The molecule has 1 aliphatic rings. The Morgan fingerprint density at radius 1 is 1.52 bits per heavy atom. The summed E-state index contributed by atoms with van der Waals surface area (Å²) in [7, 11) is 0. The fourth-order valence-electron chi connectivity index (χ4n) is 2.04. The van der Waals surface area contributed by atoms with Crippen LogP contribution in [0.2, 0.25) is 0 Å². The molecule has 0 radical (unpaired) electrons. The molecular formula is C12H14N2O7. The van der Waals surface area contributed by atoms with Gasteiger partial charge in [-0.15, -0.1) is 0 Å². The van der Waals surface area contributed by atoms with Gasteiger partial charge in [0.15, 0.2) is 0 Å². The molecular weight excluding hydrogens is 284 g/mol. The van der Waals surface area contributed by atoms with Crippen LogP contribution in [-0.4, -0.2) is 49.7 Å². The highest BCUT2D eigenvalue weighted by atomic mass is 16.5. The predicted octanol–water partition coefficient (Wildman–Crippen LogP) is -1.72. The first-order valence-corrected chi connectivity index (χ1v) is 6.13. The second-order valence-electron chi connectivity index (χ2n) is 4.54. The third kappa shape index (κ3) is 3.27. The number of H-pyrrole nitrogens is 1. The third-order valence-electron chi connectivity index (χ3n) is 3.10. The molecule has 1 fully saturated rings. The van der Waals surface area contributed by atoms with Gasteiger partial charge in [-0.1, -0.05) is 0 Å². The molecule has 114 valence electrons. The zero-order valence-electron chi connectivity index (χ0n) is 10.8. The molecule has 9 nitrogen and oxygen atoms in total. The number of nitrogens with zero attached hydrogens (tertiary/aromatic N) is 1. The first-order valence-electron chi connectivity index (χ1n) is 6.13. The molecule has 2 rings (SSSR count). The van der Waals surface area contributed by atoms with Crippen LogP contribution in [0.25, 0.3) is 6.08 Å². The van der Waals surface area contributed by atoms with E-state index in [1.165, 1.54) is 0 Å². The van der Waals surface area contributed by atoms with Gasteiger partial charge in [0.05, 0.1) is 18.3 Å². The SMILES string of the molecule is O=C(O)C=Cc1cn([C@@H]2CC(O)[C@H](CO)O2)c(=O)[nH]c1=O. The van der Waals surface area contributed by atoms with Crippen molar-refractivity contribution in [2.75, 3.05) is 6.61 Å². The number of ether oxygens (including phenoxy) is 1. The second kappa shape index (κ2) is 6.04. The molecule has 1 aromatic rings. The minimum Gasteiger partial charge on any atom is -0.478 e. The molecule has 3 atom stereocenters. The Morgan fingerprint density at radius 3 is 2.81 bits per heavy atom. The number of rotatable bonds is 4. The van der Waals surface area contributed by atoms with E-state index in [1.54, 1.807) is 0 Å². The molecule has 2 heterocycles. The maximum absolute atomic E-state index is 11.8. The third-order valence-corrected chi connectivity index (χ3v) is 3.10. The van der Waals surface area contributed by atoms with Gasteiger partial charge in [0, 0.05) is 18.7 Å². The number of hydrogen-bond acceptors (Lipinski definition) is 6. The minimum absolute atomic E-state index is 0.0393. The highest BCUT2D eigenvalue weighted by Crippen LogP contribution is 2.27. The van der Waals surface area contributed by atoms with Crippen LogP contribution < -0.4 is 11.2 Å². The van der Waals surface area contributed by atoms with Crippen LogP contribution in [0, 0.1) is 0 Å². The summed E-state index contributed by atoms with van der Waals surface area (Å²) in [6.07, 6.45) is 0.436. The zero-order valence-corrected chi connectivity index (χ0v) is 10.8. The van der Waals surface area contributed by atoms with Gasteiger partial charge in [-0.3, -0.25) is 14.3 Å². The lowest BCUT2D eigenvalue weighted by atomic mass is 10.2. The van der Waals surface area contributed by atoms with E-state index in [1.807, 2.05) is 4.98 Å². The number of nitrogens with one attached hydrogen (secondary N) is 1. The van der Waals surface area contributed by atoms with Gasteiger partial charge in [-0.2, -0.15) is 0 Å². The maximum Gasteiger partial charge on any atom is 0.330 e. The number of aromatic amines is 1. The summed E-state index contributed by atoms with van der Waals surface area (Å²) in [4.78, 5) is 35.8. The number of carbonyl (C=O) groups is 1. The van der Waals surface area contributed by atoms with Gasteiger partial charge in [-0.05, 0) is 6.08 Å². The number of hydrogen-bond donors (Lipinski definition) is 4. The van der Waals surface area contributed by atoms with Crippen molar-refractivity contribution in [2.45, 2.75) is 24.9 Å². The normalized spacial score (nSPS) is 25.5. The van der Waals surface area contributed by atoms with Gasteiger partial charge >= 0.3 is 11.7 Å². The number of aliphatic carboxylic acids is 1. The Hall–Kier alpha value is -2.23. The fraction of sp³-hybridized carbons (Fsp3) is 0.417. The summed E-state index contributed by atoms with van der Waals surface area (Å²) >= 11 is 0. The van der Waals surface area contributed by atoms with Crippen LogP contribution in [0.1, 0.15) is 18.2 Å². The highest BCUT2D eigenvalue weighted by Gasteiger charge is 2.35. The van der Waals surface area contributed by atoms with Crippen molar-refractivity contribution in [1.29, 1.82) is 0 Å². The van der Waals surface area contributed by atoms with E-state index in [-0.39, 0.29) is 12.0 Å². The standard InChI is InChI=1S/C12H14N2O7/c15-5-8-7(16)3-9(21-8)14-4-6(1-2-10(17)18)11(19)13-12(14)20/h1-2,4,7-9,15-16H,3,5H2,(H,17,18)(H,13,19,20)/t7?,8-,9-/m0/s1. The van der Waals surface area contributed by atoms with Crippen molar-refractivity contribution in [2.24, 2.45) is 0 Å². The highest BCUT2D eigenvalue weighted by molar-refractivity contribution is 5.85. The molecule has 9 heteroatoms. The molecule has 0 aromatic carbocycles. The van der Waals surface area contributed by atoms with Gasteiger partial charge in [0.25, 0.3) is 5.56 Å². The Labute approximate surface area is 117 Å². The number of carboxylic acid groups (broad SMARTS) is 1. The smallest absolute Gasteiger partial charge is 0.330 e. The Morgan fingerprint density at radius 2 is 2.24 bits per heavy atom. The van der Waals surface area contributed by atoms with Crippen molar-refractivity contribution in [3.63, 3.8) is 0 Å². The average molecular weight is 298 g/mol. The molecule has 0 aliphatic carbocycles. The van der Waals surface area contributed by atoms with E-state index in [4.69, 9.17) is 14.9 Å². The Kier molecular flexibility index (Phi) is 4.36. The monoisotopic (exact) mass is 298 g/mol. The second-order valence-corrected chi connectivity index (χ2v) is 4.54. The van der Waals surface area contributed by atoms with Crippen molar-refractivity contribution >= 4 is 12.0 Å². The lowest BCUT2D eigenvalue weighted by Gasteiger charge is -2.14. The molecule has 0 bridgehead atoms. The van der Waals surface area contributed by atoms with Gasteiger partial charge in [-0.25, -0.2) is 9.59 Å². The van der Waals surface area contributed by atoms with Gasteiger partial charge in [0.1, 0.15) is 12.3 Å². The number of aliphatic hydroxyl groups is 2. The van der Waals surface area contributed by atoms with Crippen molar-refractivity contribution < 1.29 is 24.9 Å². The predicted molar refractivity (Wildman–Crippen MR) is 69.6 cm³/mol. The maximum atomic E-state index is 11.8. The largest absolute Gasteiger partial charge is 0.478 e. The van der Waals surface area contributed by atoms with Gasteiger partial charge < -0.3 is 20.1 Å². The van der Waals surface area contributed by atoms with Crippen LogP contribution >= 0.6 is 0 Å². The van der Waals surface area contributed by atoms with E-state index in [0.717, 1.165) is 22.9 Å². The summed E-state index contributed by atoms with van der Waals surface area (Å²) in [6, 6.07) is 0. The average Bonchev–Trinajstić information content (AvgIpc) is 2.78. The van der Waals surface area contributed by atoms with Gasteiger partial charge in [0.2, 0.25) is 0 Å². The lowest BCUT2D eigenvalue weighted by Crippen LogP contribution is -2.33. The van der Waals surface area contributed by atoms with E-state index in [0.29, 0.717) is 0 Å². The number of aliphatic hydroxyl groups excluding tert-OH is 2. The van der Waals surface area contributed by atoms with E-state index in [2.05, 4.69) is 0 Å². The van der Waals surface area contributed by atoms with Crippen LogP contribution in [0.4, 0.5) is 0 Å². The number of carboxylic acids is 1. The topological polar surface area (TPSA) is 142 Å². The number of aromatic nitrogens is 2. The molecule has 0 spiro atoms. The summed E-state index contributed by atoms with van der Waals surface area (Å²) in [5, 5.41) is 27.2. The molecule has 1 saturated heterocycles. The van der Waals surface area contributed by atoms with Crippen LogP contribution in [0.15, 0.2) is 21.9 Å².